The van der Waals surface area contributed by atoms with Crippen LogP contribution in [0, 0.1) is 0 Å². The zero-order valence-electron chi connectivity index (χ0n) is 13.7. The first-order valence-electron chi connectivity index (χ1n) is 8.19. The molecule has 4 nitrogen and oxygen atoms in total. The highest BCUT2D eigenvalue weighted by atomic mass is 16.2. The molecule has 3 rings (SSSR count). The third kappa shape index (κ3) is 3.01. The van der Waals surface area contributed by atoms with Crippen LogP contribution in [0.2, 0.25) is 0 Å². The molecule has 2 aromatic rings. The molecule has 0 amide bonds. The van der Waals surface area contributed by atoms with Crippen molar-refractivity contribution in [3.63, 3.8) is 0 Å². The highest BCUT2D eigenvalue weighted by Gasteiger charge is 2.19. The van der Waals surface area contributed by atoms with Gasteiger partial charge in [-0.1, -0.05) is 37.1 Å². The minimum absolute atomic E-state index is 0.0487. The molecule has 1 heterocycles. The monoisotopic (exact) mass is 299 g/mol. The number of hydrogen-bond acceptors (Lipinski definition) is 2. The molecule has 4 heteroatoms. The summed E-state index contributed by atoms with van der Waals surface area (Å²) in [6, 6.07) is 8.75. The quantitative estimate of drug-likeness (QED) is 0.870. The molecule has 0 N–H and O–H groups in total. The first-order valence-corrected chi connectivity index (χ1v) is 8.19. The lowest BCUT2D eigenvalue weighted by Crippen LogP contribution is -2.35. The van der Waals surface area contributed by atoms with Crippen LogP contribution in [0.1, 0.15) is 63.5 Å². The summed E-state index contributed by atoms with van der Waals surface area (Å²) in [5, 5.41) is 4.23. The highest BCUT2D eigenvalue weighted by Crippen LogP contribution is 2.33. The van der Waals surface area contributed by atoms with Crippen molar-refractivity contribution in [3.05, 3.63) is 52.2 Å². The molecule has 1 aromatic heterocycles. The highest BCUT2D eigenvalue weighted by molar-refractivity contribution is 5.26. The topological polar surface area (TPSA) is 39.8 Å². The lowest BCUT2D eigenvalue weighted by molar-refractivity contribution is 0.341. The van der Waals surface area contributed by atoms with E-state index in [-0.39, 0.29) is 11.2 Å². The fourth-order valence-electron chi connectivity index (χ4n) is 3.25. The third-order valence-corrected chi connectivity index (χ3v) is 4.53. The Labute approximate surface area is 131 Å². The maximum absolute atomic E-state index is 12.4. The van der Waals surface area contributed by atoms with Crippen LogP contribution in [-0.2, 0) is 12.1 Å². The van der Waals surface area contributed by atoms with Gasteiger partial charge in [0.1, 0.15) is 6.33 Å². The van der Waals surface area contributed by atoms with E-state index in [0.717, 1.165) is 11.5 Å². The summed E-state index contributed by atoms with van der Waals surface area (Å²) in [5.74, 6) is 0.736. The number of aromatic nitrogens is 3. The van der Waals surface area contributed by atoms with Gasteiger partial charge in [-0.25, -0.2) is 9.48 Å². The zero-order chi connectivity index (χ0) is 15.7. The third-order valence-electron chi connectivity index (χ3n) is 4.53. The standard InChI is InChI=1S/C18H25N3O/c1-18(2,3)21-17(22)20(13-19-21)12-14-8-10-16(11-9-14)15-6-4-5-7-15/h8-11,13,15H,4-7,12H2,1-3H3. The number of rotatable bonds is 3. The Hall–Kier alpha value is -1.84. The van der Waals surface area contributed by atoms with E-state index in [1.807, 2.05) is 20.8 Å². The minimum atomic E-state index is -0.283. The van der Waals surface area contributed by atoms with E-state index in [4.69, 9.17) is 0 Å². The van der Waals surface area contributed by atoms with Gasteiger partial charge in [-0.05, 0) is 50.7 Å². The Bertz CT molecular complexity index is 682. The Morgan fingerprint density at radius 2 is 1.77 bits per heavy atom. The maximum atomic E-state index is 12.4. The normalized spacial score (nSPS) is 16.3. The van der Waals surface area contributed by atoms with Crippen molar-refractivity contribution in [2.75, 3.05) is 0 Å². The van der Waals surface area contributed by atoms with Crippen LogP contribution in [0.4, 0.5) is 0 Å². The molecule has 22 heavy (non-hydrogen) atoms. The van der Waals surface area contributed by atoms with Gasteiger partial charge in [0.2, 0.25) is 0 Å². The van der Waals surface area contributed by atoms with E-state index in [2.05, 4.69) is 29.4 Å². The van der Waals surface area contributed by atoms with Gasteiger partial charge in [0.15, 0.2) is 0 Å². The lowest BCUT2D eigenvalue weighted by atomic mass is 9.97. The second-order valence-corrected chi connectivity index (χ2v) is 7.35. The van der Waals surface area contributed by atoms with Crippen molar-refractivity contribution in [3.8, 4) is 0 Å². The number of benzene rings is 1. The molecular formula is C18H25N3O. The zero-order valence-corrected chi connectivity index (χ0v) is 13.7. The summed E-state index contributed by atoms with van der Waals surface area (Å²) in [6.45, 7) is 6.55. The second kappa shape index (κ2) is 5.75. The Balaban J connectivity index is 1.76. The molecule has 0 radical (unpaired) electrons. The van der Waals surface area contributed by atoms with E-state index in [1.54, 1.807) is 15.6 Å². The van der Waals surface area contributed by atoms with Crippen molar-refractivity contribution in [2.45, 2.75) is 64.5 Å². The van der Waals surface area contributed by atoms with Gasteiger partial charge in [-0.3, -0.25) is 4.57 Å². The molecule has 1 saturated carbocycles. The average Bonchev–Trinajstić information content (AvgIpc) is 3.10. The van der Waals surface area contributed by atoms with Gasteiger partial charge in [-0.2, -0.15) is 5.10 Å². The largest absolute Gasteiger partial charge is 0.346 e. The summed E-state index contributed by atoms with van der Waals surface area (Å²) >= 11 is 0. The second-order valence-electron chi connectivity index (χ2n) is 7.35. The Morgan fingerprint density at radius 1 is 1.14 bits per heavy atom. The molecule has 0 spiro atoms. The van der Waals surface area contributed by atoms with Crippen molar-refractivity contribution < 1.29 is 0 Å². The van der Waals surface area contributed by atoms with Crippen molar-refractivity contribution >= 4 is 0 Å². The van der Waals surface area contributed by atoms with E-state index in [0.29, 0.717) is 6.54 Å². The Morgan fingerprint density at radius 3 is 2.32 bits per heavy atom. The van der Waals surface area contributed by atoms with Crippen LogP contribution in [0.3, 0.4) is 0 Å². The predicted molar refractivity (Wildman–Crippen MR) is 88.2 cm³/mol. The van der Waals surface area contributed by atoms with Crippen LogP contribution in [0.5, 0.6) is 0 Å². The van der Waals surface area contributed by atoms with E-state index in [1.165, 1.54) is 31.2 Å². The van der Waals surface area contributed by atoms with E-state index >= 15 is 0 Å². The molecule has 1 aliphatic carbocycles. The van der Waals surface area contributed by atoms with Crippen LogP contribution in [0.15, 0.2) is 35.4 Å². The van der Waals surface area contributed by atoms with Crippen LogP contribution < -0.4 is 5.69 Å². The van der Waals surface area contributed by atoms with Crippen LogP contribution in [0.25, 0.3) is 0 Å². The minimum Gasteiger partial charge on any atom is -0.277 e. The predicted octanol–water partition coefficient (Wildman–Crippen LogP) is 3.51. The maximum Gasteiger partial charge on any atom is 0.346 e. The average molecular weight is 299 g/mol. The van der Waals surface area contributed by atoms with Crippen molar-refractivity contribution in [2.24, 2.45) is 0 Å². The first-order chi connectivity index (χ1) is 10.4. The molecular weight excluding hydrogens is 274 g/mol. The van der Waals surface area contributed by atoms with E-state index in [9.17, 15) is 4.79 Å². The lowest BCUT2D eigenvalue weighted by Gasteiger charge is -2.16. The summed E-state index contributed by atoms with van der Waals surface area (Å²) in [4.78, 5) is 12.4. The smallest absolute Gasteiger partial charge is 0.277 e. The Kier molecular flexibility index (Phi) is 3.94. The molecule has 1 fully saturated rings. The van der Waals surface area contributed by atoms with Gasteiger partial charge in [0.25, 0.3) is 0 Å². The summed E-state index contributed by atoms with van der Waals surface area (Å²) in [7, 11) is 0. The molecule has 1 aliphatic rings. The van der Waals surface area contributed by atoms with Crippen molar-refractivity contribution in [1.82, 2.24) is 14.3 Å². The summed E-state index contributed by atoms with van der Waals surface area (Å²) < 4.78 is 3.22. The number of nitrogens with zero attached hydrogens (tertiary/aromatic N) is 3. The van der Waals surface area contributed by atoms with Crippen LogP contribution >= 0.6 is 0 Å². The molecule has 0 saturated heterocycles. The molecule has 0 bridgehead atoms. The fraction of sp³-hybridized carbons (Fsp3) is 0.556. The first kappa shape index (κ1) is 15.1. The van der Waals surface area contributed by atoms with E-state index < -0.39 is 0 Å². The van der Waals surface area contributed by atoms with Gasteiger partial charge < -0.3 is 0 Å². The molecule has 0 aliphatic heterocycles. The molecule has 0 atom stereocenters. The SMILES string of the molecule is CC(C)(C)n1ncn(Cc2ccc(C3CCCC3)cc2)c1=O. The van der Waals surface area contributed by atoms with Gasteiger partial charge >= 0.3 is 5.69 Å². The number of hydrogen-bond donors (Lipinski definition) is 0. The van der Waals surface area contributed by atoms with Crippen LogP contribution in [-0.4, -0.2) is 14.3 Å². The van der Waals surface area contributed by atoms with Gasteiger partial charge in [0, 0.05) is 0 Å². The molecule has 0 unspecified atom stereocenters. The summed E-state index contributed by atoms with van der Waals surface area (Å²) in [5.41, 5.74) is 2.26. The van der Waals surface area contributed by atoms with Gasteiger partial charge in [0.05, 0.1) is 12.1 Å². The molecule has 118 valence electrons. The van der Waals surface area contributed by atoms with Crippen molar-refractivity contribution in [1.29, 1.82) is 0 Å². The molecule has 1 aromatic carbocycles. The fourth-order valence-corrected chi connectivity index (χ4v) is 3.25. The van der Waals surface area contributed by atoms with Gasteiger partial charge in [-0.15, -0.1) is 0 Å². The summed E-state index contributed by atoms with van der Waals surface area (Å²) in [6.07, 6.45) is 6.98.